The molecule has 0 unspecified atom stereocenters. The minimum absolute atomic E-state index is 0.105. The van der Waals surface area contributed by atoms with Gasteiger partial charge < -0.3 is 26.2 Å². The molecule has 1 saturated heterocycles. The van der Waals surface area contributed by atoms with Crippen molar-refractivity contribution < 1.29 is 24.2 Å². The van der Waals surface area contributed by atoms with E-state index in [0.717, 1.165) is 0 Å². The zero-order chi connectivity index (χ0) is 27.8. The number of carbonyl (C=O) groups excluding carboxylic acids is 2. The molecule has 2 aromatic carbocycles. The van der Waals surface area contributed by atoms with Crippen molar-refractivity contribution in [2.75, 3.05) is 25.1 Å². The first-order chi connectivity index (χ1) is 17.9. The van der Waals surface area contributed by atoms with Crippen LogP contribution in [0.25, 0.3) is 0 Å². The van der Waals surface area contributed by atoms with E-state index in [1.54, 1.807) is 18.2 Å². The molecule has 2 amide bonds. The quantitative estimate of drug-likeness (QED) is 0.332. The Morgan fingerprint density at radius 1 is 1.21 bits per heavy atom. The van der Waals surface area contributed by atoms with Crippen LogP contribution in [0.1, 0.15) is 50.7 Å². The van der Waals surface area contributed by atoms with E-state index in [-0.39, 0.29) is 47.9 Å². The van der Waals surface area contributed by atoms with Gasteiger partial charge in [0.05, 0.1) is 11.1 Å². The number of carbonyl (C=O) groups is 2. The van der Waals surface area contributed by atoms with Crippen LogP contribution in [0, 0.1) is 17.2 Å². The van der Waals surface area contributed by atoms with Gasteiger partial charge >= 0.3 is 0 Å². The summed E-state index contributed by atoms with van der Waals surface area (Å²) in [5.74, 6) is -2.41. The molecule has 38 heavy (non-hydrogen) atoms. The molecule has 0 saturated carbocycles. The lowest BCUT2D eigenvalue weighted by atomic mass is 9.62. The maximum atomic E-state index is 14.9. The van der Waals surface area contributed by atoms with Crippen LogP contribution >= 0.6 is 23.2 Å². The molecular formula is C28H34Cl2FN3O4. The Balaban J connectivity index is 1.89. The van der Waals surface area contributed by atoms with Gasteiger partial charge in [0.25, 0.3) is 0 Å². The van der Waals surface area contributed by atoms with E-state index < -0.39 is 29.2 Å². The topological polar surface area (TPSA) is 111 Å². The van der Waals surface area contributed by atoms with Crippen LogP contribution in [-0.4, -0.2) is 53.9 Å². The highest BCUT2D eigenvalue weighted by Crippen LogP contribution is 2.57. The maximum absolute atomic E-state index is 14.9. The van der Waals surface area contributed by atoms with Crippen molar-refractivity contribution in [3.05, 3.63) is 63.4 Å². The van der Waals surface area contributed by atoms with Crippen molar-refractivity contribution in [3.8, 4) is 0 Å². The van der Waals surface area contributed by atoms with Gasteiger partial charge in [-0.3, -0.25) is 9.59 Å². The minimum Gasteiger partial charge on any atom is -0.396 e. The summed E-state index contributed by atoms with van der Waals surface area (Å²) in [6.45, 7) is 5.97. The molecule has 2 aliphatic rings. The van der Waals surface area contributed by atoms with Crippen LogP contribution in [-0.2, 0) is 15.0 Å². The molecule has 1 fully saturated rings. The van der Waals surface area contributed by atoms with Crippen LogP contribution in [0.2, 0.25) is 10.0 Å². The van der Waals surface area contributed by atoms with Gasteiger partial charge in [0.15, 0.2) is 0 Å². The van der Waals surface area contributed by atoms with E-state index in [1.165, 1.54) is 12.1 Å². The first kappa shape index (κ1) is 28.8. The fourth-order valence-corrected chi connectivity index (χ4v) is 6.29. The number of amides is 2. The average Bonchev–Trinajstić information content (AvgIpc) is 3.31. The molecule has 4 rings (SSSR count). The summed E-state index contributed by atoms with van der Waals surface area (Å²) in [5.41, 5.74) is -0.0544. The molecule has 7 nitrogen and oxygen atoms in total. The summed E-state index contributed by atoms with van der Waals surface area (Å²) in [6.07, 6.45) is 0.841. The number of fused-ring (bicyclic) bond motifs is 2. The normalized spacial score (nSPS) is 25.4. The Hall–Kier alpha value is -2.23. The molecule has 206 valence electrons. The molecule has 10 heteroatoms. The van der Waals surface area contributed by atoms with Gasteiger partial charge in [-0.05, 0) is 53.6 Å². The average molecular weight is 567 g/mol. The Kier molecular flexibility index (Phi) is 8.40. The van der Waals surface area contributed by atoms with Crippen molar-refractivity contribution >= 4 is 40.7 Å². The van der Waals surface area contributed by atoms with Crippen LogP contribution < -0.4 is 16.0 Å². The molecule has 1 spiro atoms. The summed E-state index contributed by atoms with van der Waals surface area (Å²) in [7, 11) is 0. The Bertz CT molecular complexity index is 1220. The standard InChI is InChI=1S/C28H34Cl2FN3O4/c1-27(2,3)12-22-28(18-10-20(31)19(30)11-21(18)33-26(28)38)23(16-5-4-6-17(29)9-16)24(34-22)25(37)32-13-15(14-36)7-8-35/h4-6,9-11,15,22-24,34-36H,7-8,12-14H2,1-3H3,(H,32,37)(H,33,38)/t15-,22+,23-,24+,28-/m0/s1. The highest BCUT2D eigenvalue weighted by Gasteiger charge is 2.65. The highest BCUT2D eigenvalue weighted by molar-refractivity contribution is 6.31. The number of rotatable bonds is 8. The molecular weight excluding hydrogens is 532 g/mol. The summed E-state index contributed by atoms with van der Waals surface area (Å²) >= 11 is 12.5. The van der Waals surface area contributed by atoms with Crippen molar-refractivity contribution in [1.82, 2.24) is 10.6 Å². The third-order valence-corrected chi connectivity index (χ3v) is 8.08. The molecule has 2 aromatic rings. The zero-order valence-corrected chi connectivity index (χ0v) is 23.2. The number of benzene rings is 2. The van der Waals surface area contributed by atoms with Crippen LogP contribution in [0.5, 0.6) is 0 Å². The lowest BCUT2D eigenvalue weighted by molar-refractivity contribution is -0.124. The maximum Gasteiger partial charge on any atom is 0.237 e. The fourth-order valence-electron chi connectivity index (χ4n) is 5.93. The van der Waals surface area contributed by atoms with Crippen LogP contribution in [0.15, 0.2) is 36.4 Å². The molecule has 0 bridgehead atoms. The van der Waals surface area contributed by atoms with Crippen molar-refractivity contribution in [1.29, 1.82) is 0 Å². The van der Waals surface area contributed by atoms with E-state index in [0.29, 0.717) is 34.7 Å². The molecule has 0 aliphatic carbocycles. The second-order valence-electron chi connectivity index (χ2n) is 11.4. The van der Waals surface area contributed by atoms with Gasteiger partial charge in [0.2, 0.25) is 11.8 Å². The molecule has 5 atom stereocenters. The predicted octanol–water partition coefficient (Wildman–Crippen LogP) is 3.99. The Labute approximate surface area is 232 Å². The molecule has 2 heterocycles. The summed E-state index contributed by atoms with van der Waals surface area (Å²) < 4.78 is 14.9. The Morgan fingerprint density at radius 3 is 2.58 bits per heavy atom. The van der Waals surface area contributed by atoms with Crippen molar-refractivity contribution in [2.24, 2.45) is 11.3 Å². The third kappa shape index (κ3) is 5.29. The smallest absolute Gasteiger partial charge is 0.237 e. The summed E-state index contributed by atoms with van der Waals surface area (Å²) in [4.78, 5) is 27.8. The second kappa shape index (κ2) is 11.1. The van der Waals surface area contributed by atoms with E-state index in [1.807, 2.05) is 26.8 Å². The van der Waals surface area contributed by atoms with E-state index in [2.05, 4.69) is 16.0 Å². The lowest BCUT2D eigenvalue weighted by Gasteiger charge is -2.37. The first-order valence-electron chi connectivity index (χ1n) is 12.7. The SMILES string of the molecule is CC(C)(C)C[C@H]1N[C@@H](C(=O)NC[C@@H](CO)CCO)[C@H](c2cccc(Cl)c2)[C@@]12C(=O)Nc1cc(Cl)c(F)cc12. The zero-order valence-electron chi connectivity index (χ0n) is 21.7. The number of aliphatic hydroxyl groups excluding tert-OH is 2. The highest BCUT2D eigenvalue weighted by atomic mass is 35.5. The first-order valence-corrected chi connectivity index (χ1v) is 13.5. The summed E-state index contributed by atoms with van der Waals surface area (Å²) in [5, 5.41) is 28.5. The number of halogens is 3. The van der Waals surface area contributed by atoms with Crippen molar-refractivity contribution in [2.45, 2.75) is 57.0 Å². The number of nitrogens with one attached hydrogen (secondary N) is 3. The number of aliphatic hydroxyl groups is 2. The number of hydrogen-bond donors (Lipinski definition) is 5. The van der Waals surface area contributed by atoms with Crippen LogP contribution in [0.4, 0.5) is 10.1 Å². The molecule has 2 aliphatic heterocycles. The van der Waals surface area contributed by atoms with Gasteiger partial charge in [0, 0.05) is 48.3 Å². The third-order valence-electron chi connectivity index (χ3n) is 7.55. The van der Waals surface area contributed by atoms with Crippen LogP contribution in [0.3, 0.4) is 0 Å². The Morgan fingerprint density at radius 2 is 1.95 bits per heavy atom. The number of anilines is 1. The van der Waals surface area contributed by atoms with E-state index in [4.69, 9.17) is 23.2 Å². The van der Waals surface area contributed by atoms with E-state index in [9.17, 15) is 24.2 Å². The van der Waals surface area contributed by atoms with Crippen molar-refractivity contribution in [3.63, 3.8) is 0 Å². The summed E-state index contributed by atoms with van der Waals surface area (Å²) in [6, 6.07) is 8.33. The number of hydrogen-bond acceptors (Lipinski definition) is 5. The van der Waals surface area contributed by atoms with Gasteiger partial charge in [-0.2, -0.15) is 0 Å². The minimum atomic E-state index is -1.33. The predicted molar refractivity (Wildman–Crippen MR) is 146 cm³/mol. The van der Waals surface area contributed by atoms with E-state index >= 15 is 0 Å². The molecule has 5 N–H and O–H groups in total. The van der Waals surface area contributed by atoms with Gasteiger partial charge in [-0.1, -0.05) is 56.1 Å². The largest absolute Gasteiger partial charge is 0.396 e. The molecule has 0 aromatic heterocycles. The van der Waals surface area contributed by atoms with Gasteiger partial charge in [-0.15, -0.1) is 0 Å². The second-order valence-corrected chi connectivity index (χ2v) is 12.3. The van der Waals surface area contributed by atoms with Gasteiger partial charge in [0.1, 0.15) is 11.2 Å². The lowest BCUT2D eigenvalue weighted by Crippen LogP contribution is -2.49. The van der Waals surface area contributed by atoms with Gasteiger partial charge in [-0.25, -0.2) is 4.39 Å². The molecule has 0 radical (unpaired) electrons. The fraction of sp³-hybridized carbons (Fsp3) is 0.500. The monoisotopic (exact) mass is 565 g/mol.